The van der Waals surface area contributed by atoms with Crippen molar-refractivity contribution in [3.05, 3.63) is 84.4 Å². The first-order chi connectivity index (χ1) is 12.3. The maximum atomic E-state index is 13.1. The van der Waals surface area contributed by atoms with Gasteiger partial charge < -0.3 is 5.32 Å². The summed E-state index contributed by atoms with van der Waals surface area (Å²) in [6.45, 7) is 0.553. The summed E-state index contributed by atoms with van der Waals surface area (Å²) < 4.78 is 13.1. The second-order valence-corrected chi connectivity index (χ2v) is 5.63. The minimum atomic E-state index is -0.240. The maximum Gasteiger partial charge on any atom is 0.162 e. The van der Waals surface area contributed by atoms with Crippen molar-refractivity contribution in [2.75, 3.05) is 5.32 Å². The Hall–Kier alpha value is -3.34. The first-order valence-electron chi connectivity index (χ1n) is 7.95. The Labute approximate surface area is 144 Å². The first-order valence-corrected chi connectivity index (χ1v) is 7.95. The van der Waals surface area contributed by atoms with Gasteiger partial charge in [-0.2, -0.15) is 0 Å². The van der Waals surface area contributed by atoms with Gasteiger partial charge in [0.2, 0.25) is 0 Å². The van der Waals surface area contributed by atoms with E-state index in [1.807, 2.05) is 36.4 Å². The van der Waals surface area contributed by atoms with Crippen LogP contribution in [0.1, 0.15) is 5.56 Å². The highest BCUT2D eigenvalue weighted by Crippen LogP contribution is 2.25. The molecule has 2 aromatic heterocycles. The molecule has 0 saturated heterocycles. The molecule has 0 amide bonds. The number of pyridine rings is 1. The Bertz CT molecular complexity index is 1000. The van der Waals surface area contributed by atoms with Crippen LogP contribution in [-0.4, -0.2) is 15.0 Å². The lowest BCUT2D eigenvalue weighted by molar-refractivity contribution is 0.627. The van der Waals surface area contributed by atoms with Crippen molar-refractivity contribution in [2.24, 2.45) is 0 Å². The molecule has 1 N–H and O–H groups in total. The van der Waals surface area contributed by atoms with Crippen LogP contribution in [0.2, 0.25) is 0 Å². The molecule has 0 aliphatic heterocycles. The van der Waals surface area contributed by atoms with E-state index < -0.39 is 0 Å². The summed E-state index contributed by atoms with van der Waals surface area (Å²) in [6, 6.07) is 18.1. The van der Waals surface area contributed by atoms with Crippen molar-refractivity contribution in [3.63, 3.8) is 0 Å². The average molecular weight is 330 g/mol. The van der Waals surface area contributed by atoms with Crippen LogP contribution in [-0.2, 0) is 6.54 Å². The molecule has 0 radical (unpaired) electrons. The van der Waals surface area contributed by atoms with Crippen molar-refractivity contribution in [1.29, 1.82) is 0 Å². The number of benzene rings is 2. The van der Waals surface area contributed by atoms with E-state index in [-0.39, 0.29) is 5.82 Å². The first kappa shape index (κ1) is 15.2. The van der Waals surface area contributed by atoms with Crippen LogP contribution < -0.4 is 5.32 Å². The highest BCUT2D eigenvalue weighted by Gasteiger charge is 2.09. The fourth-order valence-electron chi connectivity index (χ4n) is 2.63. The fraction of sp³-hybridized carbons (Fsp3) is 0.0500. The van der Waals surface area contributed by atoms with Crippen molar-refractivity contribution >= 4 is 16.7 Å². The van der Waals surface area contributed by atoms with E-state index in [1.54, 1.807) is 24.5 Å². The molecule has 2 aromatic carbocycles. The summed E-state index contributed by atoms with van der Waals surface area (Å²) in [5.74, 6) is 1.15. The number of nitrogens with zero attached hydrogens (tertiary/aromatic N) is 3. The number of aromatic nitrogens is 3. The van der Waals surface area contributed by atoms with Crippen LogP contribution in [0.25, 0.3) is 22.3 Å². The molecule has 5 heteroatoms. The Morgan fingerprint density at radius 3 is 2.40 bits per heavy atom. The van der Waals surface area contributed by atoms with Crippen LogP contribution >= 0.6 is 0 Å². The molecule has 0 aliphatic rings. The largest absolute Gasteiger partial charge is 0.365 e. The lowest BCUT2D eigenvalue weighted by Crippen LogP contribution is -2.04. The molecule has 0 unspecified atom stereocenters. The lowest BCUT2D eigenvalue weighted by Gasteiger charge is -2.11. The Morgan fingerprint density at radius 2 is 1.60 bits per heavy atom. The molecule has 2 heterocycles. The molecular weight excluding hydrogens is 315 g/mol. The van der Waals surface area contributed by atoms with Crippen LogP contribution in [0.3, 0.4) is 0 Å². The van der Waals surface area contributed by atoms with E-state index >= 15 is 0 Å². The van der Waals surface area contributed by atoms with E-state index in [9.17, 15) is 4.39 Å². The standard InChI is InChI=1S/C20H15FN4/c21-16-7-5-14(6-8-16)13-23-20-17-3-1-2-4-18(17)24-19(25-20)15-9-11-22-12-10-15/h1-12H,13H2,(H,23,24,25). The Kier molecular flexibility index (Phi) is 4.04. The number of hydrogen-bond acceptors (Lipinski definition) is 4. The molecule has 0 atom stereocenters. The van der Waals surface area contributed by atoms with Crippen LogP contribution in [0.5, 0.6) is 0 Å². The Balaban J connectivity index is 1.72. The fourth-order valence-corrected chi connectivity index (χ4v) is 2.63. The number of nitrogens with one attached hydrogen (secondary N) is 1. The van der Waals surface area contributed by atoms with Gasteiger partial charge in [0.15, 0.2) is 5.82 Å². The van der Waals surface area contributed by atoms with Gasteiger partial charge in [0, 0.05) is 29.9 Å². The third-order valence-electron chi connectivity index (χ3n) is 3.91. The topological polar surface area (TPSA) is 50.7 Å². The molecule has 4 nitrogen and oxygen atoms in total. The molecule has 0 fully saturated rings. The van der Waals surface area contributed by atoms with E-state index in [2.05, 4.69) is 20.3 Å². The number of anilines is 1. The predicted molar refractivity (Wildman–Crippen MR) is 96.5 cm³/mol. The van der Waals surface area contributed by atoms with E-state index in [1.165, 1.54) is 12.1 Å². The van der Waals surface area contributed by atoms with Gasteiger partial charge in [0.25, 0.3) is 0 Å². The van der Waals surface area contributed by atoms with Gasteiger partial charge in [-0.25, -0.2) is 14.4 Å². The molecule has 122 valence electrons. The second kappa shape index (κ2) is 6.65. The van der Waals surface area contributed by atoms with Gasteiger partial charge in [0.05, 0.1) is 5.52 Å². The highest BCUT2D eigenvalue weighted by molar-refractivity contribution is 5.90. The molecule has 0 bridgehead atoms. The van der Waals surface area contributed by atoms with Gasteiger partial charge in [-0.1, -0.05) is 24.3 Å². The van der Waals surface area contributed by atoms with Gasteiger partial charge in [0.1, 0.15) is 11.6 Å². The van der Waals surface area contributed by atoms with Gasteiger partial charge in [-0.3, -0.25) is 4.98 Å². The average Bonchev–Trinajstić information content (AvgIpc) is 2.68. The minimum Gasteiger partial charge on any atom is -0.365 e. The zero-order chi connectivity index (χ0) is 17.1. The van der Waals surface area contributed by atoms with E-state index in [0.29, 0.717) is 12.4 Å². The monoisotopic (exact) mass is 330 g/mol. The molecular formula is C20H15FN4. The summed E-state index contributed by atoms with van der Waals surface area (Å²) in [5, 5.41) is 4.29. The third-order valence-corrected chi connectivity index (χ3v) is 3.91. The highest BCUT2D eigenvalue weighted by atomic mass is 19.1. The summed E-state index contributed by atoms with van der Waals surface area (Å²) in [6.07, 6.45) is 3.44. The molecule has 4 rings (SSSR count). The van der Waals surface area contributed by atoms with Gasteiger partial charge in [-0.15, -0.1) is 0 Å². The van der Waals surface area contributed by atoms with Crippen molar-refractivity contribution < 1.29 is 4.39 Å². The van der Waals surface area contributed by atoms with Crippen LogP contribution in [0.15, 0.2) is 73.1 Å². The summed E-state index contributed by atoms with van der Waals surface area (Å²) >= 11 is 0. The zero-order valence-corrected chi connectivity index (χ0v) is 13.4. The molecule has 4 aromatic rings. The number of rotatable bonds is 4. The number of hydrogen-bond donors (Lipinski definition) is 1. The molecule has 0 saturated carbocycles. The van der Waals surface area contributed by atoms with Crippen molar-refractivity contribution in [1.82, 2.24) is 15.0 Å². The molecule has 25 heavy (non-hydrogen) atoms. The third kappa shape index (κ3) is 3.30. The summed E-state index contributed by atoms with van der Waals surface area (Å²) in [5.41, 5.74) is 2.76. The lowest BCUT2D eigenvalue weighted by atomic mass is 10.2. The quantitative estimate of drug-likeness (QED) is 0.601. The summed E-state index contributed by atoms with van der Waals surface area (Å²) in [4.78, 5) is 13.4. The van der Waals surface area contributed by atoms with Gasteiger partial charge in [-0.05, 0) is 42.0 Å². The van der Waals surface area contributed by atoms with Crippen molar-refractivity contribution in [3.8, 4) is 11.4 Å². The zero-order valence-electron chi connectivity index (χ0n) is 13.4. The smallest absolute Gasteiger partial charge is 0.162 e. The number of para-hydroxylation sites is 1. The summed E-state index contributed by atoms with van der Waals surface area (Å²) in [7, 11) is 0. The van der Waals surface area contributed by atoms with E-state index in [0.717, 1.165) is 27.8 Å². The Morgan fingerprint density at radius 1 is 0.840 bits per heavy atom. The normalized spacial score (nSPS) is 10.8. The maximum absolute atomic E-state index is 13.1. The SMILES string of the molecule is Fc1ccc(CNc2nc(-c3ccncc3)nc3ccccc23)cc1. The van der Waals surface area contributed by atoms with Crippen LogP contribution in [0, 0.1) is 5.82 Å². The number of halogens is 1. The predicted octanol–water partition coefficient (Wildman–Crippen LogP) is 4.44. The molecule has 0 aliphatic carbocycles. The van der Waals surface area contributed by atoms with Gasteiger partial charge >= 0.3 is 0 Å². The molecule has 0 spiro atoms. The number of fused-ring (bicyclic) bond motifs is 1. The van der Waals surface area contributed by atoms with Crippen LogP contribution in [0.4, 0.5) is 10.2 Å². The second-order valence-electron chi connectivity index (χ2n) is 5.63. The minimum absolute atomic E-state index is 0.240. The van der Waals surface area contributed by atoms with E-state index in [4.69, 9.17) is 0 Å². The van der Waals surface area contributed by atoms with Crippen molar-refractivity contribution in [2.45, 2.75) is 6.54 Å².